The molecule has 5 heteroatoms. The number of benzene rings is 1. The minimum Gasteiger partial charge on any atom is -0.321 e. The molecule has 0 heterocycles. The van der Waals surface area contributed by atoms with E-state index in [4.69, 9.17) is 5.73 Å². The molecule has 0 bridgehead atoms. The van der Waals surface area contributed by atoms with E-state index < -0.39 is 21.2 Å². The fraction of sp³-hybridized carbons (Fsp3) is 0.571. The first-order chi connectivity index (χ1) is 8.74. The lowest BCUT2D eigenvalue weighted by Crippen LogP contribution is -2.39. The van der Waals surface area contributed by atoms with E-state index in [2.05, 4.69) is 0 Å². The van der Waals surface area contributed by atoms with E-state index in [1.165, 1.54) is 12.1 Å². The Balaban J connectivity index is 2.57. The maximum Gasteiger partial charge on any atom is 0.175 e. The molecule has 0 atom stereocenters. The van der Waals surface area contributed by atoms with Gasteiger partial charge in [-0.25, -0.2) is 12.8 Å². The first-order valence-corrected chi connectivity index (χ1v) is 8.43. The van der Waals surface area contributed by atoms with Crippen LogP contribution < -0.4 is 5.73 Å². The molecule has 0 aliphatic heterocycles. The van der Waals surface area contributed by atoms with Crippen LogP contribution in [0.4, 0.5) is 4.39 Å². The number of nitrogens with two attached hydrogens (primary N) is 1. The second-order valence-electron chi connectivity index (χ2n) is 5.59. The van der Waals surface area contributed by atoms with E-state index >= 15 is 0 Å². The molecule has 2 rings (SSSR count). The molecule has 1 aromatic carbocycles. The van der Waals surface area contributed by atoms with Crippen LogP contribution >= 0.6 is 0 Å². The van der Waals surface area contributed by atoms with Crippen LogP contribution in [0.25, 0.3) is 0 Å². The van der Waals surface area contributed by atoms with Crippen molar-refractivity contribution < 1.29 is 12.8 Å². The van der Waals surface area contributed by atoms with E-state index in [-0.39, 0.29) is 4.90 Å². The van der Waals surface area contributed by atoms with Crippen molar-refractivity contribution in [3.05, 3.63) is 29.1 Å². The van der Waals surface area contributed by atoms with Crippen molar-refractivity contribution in [2.45, 2.75) is 49.5 Å². The van der Waals surface area contributed by atoms with Gasteiger partial charge >= 0.3 is 0 Å². The number of aryl methyl sites for hydroxylation is 1. The van der Waals surface area contributed by atoms with Crippen LogP contribution in [-0.2, 0) is 15.4 Å². The standard InChI is InChI=1S/C14H20FNO2S/c1-10-8-12(15)11(9-13(10)19(2,17)18)14(16)6-4-3-5-7-14/h8-9H,3-7,16H2,1-2H3. The van der Waals surface area contributed by atoms with Gasteiger partial charge in [-0.2, -0.15) is 0 Å². The third-order valence-electron chi connectivity index (χ3n) is 3.95. The highest BCUT2D eigenvalue weighted by molar-refractivity contribution is 7.90. The van der Waals surface area contributed by atoms with Crippen LogP contribution in [0.1, 0.15) is 43.2 Å². The van der Waals surface area contributed by atoms with Crippen LogP contribution in [0.3, 0.4) is 0 Å². The lowest BCUT2D eigenvalue weighted by Gasteiger charge is -2.34. The summed E-state index contributed by atoms with van der Waals surface area (Å²) in [5.74, 6) is -0.394. The number of sulfone groups is 1. The fourth-order valence-electron chi connectivity index (χ4n) is 2.89. The molecule has 1 aliphatic carbocycles. The highest BCUT2D eigenvalue weighted by Gasteiger charge is 2.33. The Labute approximate surface area is 113 Å². The Bertz CT molecular complexity index is 590. The molecule has 19 heavy (non-hydrogen) atoms. The molecular formula is C14H20FNO2S. The third-order valence-corrected chi connectivity index (χ3v) is 5.19. The molecule has 1 aromatic rings. The van der Waals surface area contributed by atoms with E-state index in [1.807, 2.05) is 0 Å². The Morgan fingerprint density at radius 1 is 1.21 bits per heavy atom. The number of hydrogen-bond donors (Lipinski definition) is 1. The maximum absolute atomic E-state index is 14.2. The van der Waals surface area contributed by atoms with Crippen molar-refractivity contribution >= 4 is 9.84 Å². The fourth-order valence-corrected chi connectivity index (χ4v) is 3.86. The topological polar surface area (TPSA) is 60.2 Å². The van der Waals surface area contributed by atoms with Crippen LogP contribution in [0.5, 0.6) is 0 Å². The van der Waals surface area contributed by atoms with Crippen LogP contribution in [0, 0.1) is 12.7 Å². The molecule has 0 spiro atoms. The molecule has 1 aliphatic rings. The second kappa shape index (κ2) is 4.87. The average molecular weight is 285 g/mol. The molecule has 3 nitrogen and oxygen atoms in total. The zero-order valence-corrected chi connectivity index (χ0v) is 12.2. The minimum atomic E-state index is -3.36. The van der Waals surface area contributed by atoms with Gasteiger partial charge in [0, 0.05) is 17.4 Å². The van der Waals surface area contributed by atoms with E-state index in [0.29, 0.717) is 24.0 Å². The number of hydrogen-bond acceptors (Lipinski definition) is 3. The van der Waals surface area contributed by atoms with E-state index in [0.717, 1.165) is 25.5 Å². The summed E-state index contributed by atoms with van der Waals surface area (Å²) in [7, 11) is -3.36. The van der Waals surface area contributed by atoms with Crippen molar-refractivity contribution in [1.82, 2.24) is 0 Å². The Kier molecular flexibility index (Phi) is 3.71. The van der Waals surface area contributed by atoms with E-state index in [1.54, 1.807) is 6.92 Å². The van der Waals surface area contributed by atoms with Gasteiger partial charge in [-0.1, -0.05) is 19.3 Å². The van der Waals surface area contributed by atoms with Gasteiger partial charge in [0.1, 0.15) is 5.82 Å². The summed E-state index contributed by atoms with van der Waals surface area (Å²) in [5.41, 5.74) is 6.36. The molecule has 0 radical (unpaired) electrons. The molecule has 1 saturated carbocycles. The minimum absolute atomic E-state index is 0.180. The first-order valence-electron chi connectivity index (χ1n) is 6.54. The van der Waals surface area contributed by atoms with Gasteiger partial charge in [-0.05, 0) is 37.5 Å². The number of halogens is 1. The van der Waals surface area contributed by atoms with Crippen LogP contribution in [0.15, 0.2) is 17.0 Å². The first kappa shape index (κ1) is 14.5. The Hall–Kier alpha value is -0.940. The van der Waals surface area contributed by atoms with Crippen molar-refractivity contribution in [1.29, 1.82) is 0 Å². The predicted octanol–water partition coefficient (Wildman–Crippen LogP) is 2.66. The van der Waals surface area contributed by atoms with Crippen molar-refractivity contribution in [2.24, 2.45) is 5.73 Å². The molecule has 0 amide bonds. The summed E-state index contributed by atoms with van der Waals surface area (Å²) in [6.07, 6.45) is 5.56. The molecule has 0 saturated heterocycles. The highest BCUT2D eigenvalue weighted by atomic mass is 32.2. The maximum atomic E-state index is 14.2. The highest BCUT2D eigenvalue weighted by Crippen LogP contribution is 2.37. The summed E-state index contributed by atoms with van der Waals surface area (Å²) in [4.78, 5) is 0.180. The summed E-state index contributed by atoms with van der Waals surface area (Å²) in [5, 5.41) is 0. The van der Waals surface area contributed by atoms with E-state index in [9.17, 15) is 12.8 Å². The second-order valence-corrected chi connectivity index (χ2v) is 7.57. The normalized spacial score (nSPS) is 19.4. The quantitative estimate of drug-likeness (QED) is 0.850. The van der Waals surface area contributed by atoms with Gasteiger partial charge in [0.15, 0.2) is 9.84 Å². The van der Waals surface area contributed by atoms with Gasteiger partial charge in [-0.15, -0.1) is 0 Å². The predicted molar refractivity (Wildman–Crippen MR) is 73.2 cm³/mol. The number of rotatable bonds is 2. The van der Waals surface area contributed by atoms with Crippen LogP contribution in [-0.4, -0.2) is 14.7 Å². The van der Waals surface area contributed by atoms with Gasteiger partial charge in [0.25, 0.3) is 0 Å². The van der Waals surface area contributed by atoms with Crippen molar-refractivity contribution in [3.8, 4) is 0 Å². The van der Waals surface area contributed by atoms with Crippen molar-refractivity contribution in [3.63, 3.8) is 0 Å². The molecule has 0 aromatic heterocycles. The summed E-state index contributed by atoms with van der Waals surface area (Å²) in [6, 6.07) is 2.72. The lowest BCUT2D eigenvalue weighted by molar-refractivity contribution is 0.292. The molecule has 2 N–H and O–H groups in total. The zero-order chi connectivity index (χ0) is 14.3. The van der Waals surface area contributed by atoms with Gasteiger partial charge in [0.05, 0.1) is 4.90 Å². The Morgan fingerprint density at radius 2 is 1.79 bits per heavy atom. The zero-order valence-electron chi connectivity index (χ0n) is 11.4. The van der Waals surface area contributed by atoms with Gasteiger partial charge in [-0.3, -0.25) is 0 Å². The smallest absolute Gasteiger partial charge is 0.175 e. The summed E-state index contributed by atoms with van der Waals surface area (Å²) >= 11 is 0. The molecule has 0 unspecified atom stereocenters. The summed E-state index contributed by atoms with van der Waals surface area (Å²) in [6.45, 7) is 1.60. The molecule has 106 valence electrons. The molecule has 1 fully saturated rings. The average Bonchev–Trinajstić information content (AvgIpc) is 2.27. The largest absolute Gasteiger partial charge is 0.321 e. The SMILES string of the molecule is Cc1cc(F)c(C2(N)CCCCC2)cc1S(C)(=O)=O. The Morgan fingerprint density at radius 3 is 2.32 bits per heavy atom. The van der Waals surface area contributed by atoms with Gasteiger partial charge in [0.2, 0.25) is 0 Å². The third kappa shape index (κ3) is 2.82. The van der Waals surface area contributed by atoms with Gasteiger partial charge < -0.3 is 5.73 Å². The van der Waals surface area contributed by atoms with Crippen LogP contribution in [0.2, 0.25) is 0 Å². The monoisotopic (exact) mass is 285 g/mol. The summed E-state index contributed by atoms with van der Waals surface area (Å²) < 4.78 is 37.7. The molecular weight excluding hydrogens is 265 g/mol. The van der Waals surface area contributed by atoms with Crippen molar-refractivity contribution in [2.75, 3.05) is 6.26 Å². The lowest BCUT2D eigenvalue weighted by atomic mass is 9.77.